The van der Waals surface area contributed by atoms with Gasteiger partial charge in [-0.3, -0.25) is 0 Å². The standard InChI is InChI=1S/C13H17F2N/c1-9-6-11(8-12(14)7-9)13(15)10-2-4-16-5-3-10/h6-8,10,13,16H,2-5H2,1H3. The number of hydrogen-bond acceptors (Lipinski definition) is 1. The predicted molar refractivity (Wildman–Crippen MR) is 60.6 cm³/mol. The highest BCUT2D eigenvalue weighted by Crippen LogP contribution is 2.32. The van der Waals surface area contributed by atoms with Crippen molar-refractivity contribution in [1.82, 2.24) is 5.32 Å². The van der Waals surface area contributed by atoms with Crippen molar-refractivity contribution < 1.29 is 8.78 Å². The van der Waals surface area contributed by atoms with E-state index in [1.807, 2.05) is 0 Å². The topological polar surface area (TPSA) is 12.0 Å². The van der Waals surface area contributed by atoms with Crippen LogP contribution in [-0.2, 0) is 0 Å². The molecule has 0 bridgehead atoms. The molecule has 1 aromatic rings. The highest BCUT2D eigenvalue weighted by atomic mass is 19.1. The van der Waals surface area contributed by atoms with Crippen LogP contribution in [-0.4, -0.2) is 13.1 Å². The molecule has 1 aliphatic heterocycles. The third-order valence-electron chi connectivity index (χ3n) is 3.18. The molecule has 88 valence electrons. The molecule has 0 amide bonds. The largest absolute Gasteiger partial charge is 0.317 e. The summed E-state index contributed by atoms with van der Waals surface area (Å²) in [5.74, 6) is -0.311. The number of alkyl halides is 1. The van der Waals surface area contributed by atoms with Gasteiger partial charge in [0.25, 0.3) is 0 Å². The Kier molecular flexibility index (Phi) is 3.54. The average Bonchev–Trinajstić information content (AvgIpc) is 2.28. The van der Waals surface area contributed by atoms with Crippen molar-refractivity contribution in [3.05, 3.63) is 35.1 Å². The van der Waals surface area contributed by atoms with Crippen molar-refractivity contribution in [3.8, 4) is 0 Å². The Hall–Kier alpha value is -0.960. The van der Waals surface area contributed by atoms with Gasteiger partial charge in [-0.2, -0.15) is 0 Å². The first-order valence-electron chi connectivity index (χ1n) is 5.78. The quantitative estimate of drug-likeness (QED) is 0.815. The second-order valence-corrected chi connectivity index (χ2v) is 4.55. The first kappa shape index (κ1) is 11.5. The molecule has 1 nitrogen and oxygen atoms in total. The number of nitrogens with one attached hydrogen (secondary N) is 1. The van der Waals surface area contributed by atoms with Gasteiger partial charge in [-0.15, -0.1) is 0 Å². The van der Waals surface area contributed by atoms with Crippen molar-refractivity contribution in [3.63, 3.8) is 0 Å². The summed E-state index contributed by atoms with van der Waals surface area (Å²) in [6, 6.07) is 4.49. The van der Waals surface area contributed by atoms with Gasteiger partial charge in [0, 0.05) is 0 Å². The molecule has 3 heteroatoms. The highest BCUT2D eigenvalue weighted by Gasteiger charge is 2.24. The summed E-state index contributed by atoms with van der Waals surface area (Å²) in [7, 11) is 0. The average molecular weight is 225 g/mol. The minimum atomic E-state index is -1.03. The van der Waals surface area contributed by atoms with E-state index in [0.717, 1.165) is 31.5 Å². The van der Waals surface area contributed by atoms with Crippen LogP contribution >= 0.6 is 0 Å². The van der Waals surface area contributed by atoms with Crippen LogP contribution in [0.5, 0.6) is 0 Å². The lowest BCUT2D eigenvalue weighted by Crippen LogP contribution is -2.29. The molecule has 1 aromatic carbocycles. The Balaban J connectivity index is 2.15. The molecule has 0 saturated carbocycles. The van der Waals surface area contributed by atoms with Crippen LogP contribution in [0, 0.1) is 18.7 Å². The second kappa shape index (κ2) is 4.91. The van der Waals surface area contributed by atoms with E-state index in [0.29, 0.717) is 5.56 Å². The molecular formula is C13H17F2N. The van der Waals surface area contributed by atoms with Crippen LogP contribution in [0.1, 0.15) is 30.1 Å². The van der Waals surface area contributed by atoms with Gasteiger partial charge in [-0.05, 0) is 62.0 Å². The summed E-state index contributed by atoms with van der Waals surface area (Å²) in [4.78, 5) is 0. The third kappa shape index (κ3) is 2.59. The lowest BCUT2D eigenvalue weighted by molar-refractivity contribution is 0.190. The SMILES string of the molecule is Cc1cc(F)cc(C(F)C2CCNCC2)c1. The van der Waals surface area contributed by atoms with Crippen molar-refractivity contribution in [1.29, 1.82) is 0 Å². The van der Waals surface area contributed by atoms with Crippen molar-refractivity contribution in [2.45, 2.75) is 25.9 Å². The van der Waals surface area contributed by atoms with Crippen LogP contribution in [0.25, 0.3) is 0 Å². The van der Waals surface area contributed by atoms with E-state index >= 15 is 0 Å². The maximum absolute atomic E-state index is 14.2. The minimum absolute atomic E-state index is 0.0300. The predicted octanol–water partition coefficient (Wildman–Crippen LogP) is 3.14. The molecule has 1 aliphatic rings. The number of rotatable bonds is 2. The van der Waals surface area contributed by atoms with Crippen molar-refractivity contribution in [2.75, 3.05) is 13.1 Å². The van der Waals surface area contributed by atoms with Gasteiger partial charge in [0.15, 0.2) is 0 Å². The van der Waals surface area contributed by atoms with E-state index in [1.165, 1.54) is 12.1 Å². The molecule has 2 rings (SSSR count). The number of halogens is 2. The molecule has 1 unspecified atom stereocenters. The molecule has 1 heterocycles. The van der Waals surface area contributed by atoms with E-state index in [2.05, 4.69) is 5.32 Å². The second-order valence-electron chi connectivity index (χ2n) is 4.55. The molecule has 0 spiro atoms. The molecule has 0 radical (unpaired) electrons. The Labute approximate surface area is 94.9 Å². The zero-order valence-corrected chi connectivity index (χ0v) is 9.47. The Morgan fingerprint density at radius 1 is 1.25 bits per heavy atom. The molecule has 1 saturated heterocycles. The van der Waals surface area contributed by atoms with Crippen LogP contribution in [0.2, 0.25) is 0 Å². The highest BCUT2D eigenvalue weighted by molar-refractivity contribution is 5.25. The molecule has 16 heavy (non-hydrogen) atoms. The number of aryl methyl sites for hydroxylation is 1. The summed E-state index contributed by atoms with van der Waals surface area (Å²) in [5.41, 5.74) is 1.27. The fourth-order valence-electron chi connectivity index (χ4n) is 2.33. The zero-order chi connectivity index (χ0) is 11.5. The van der Waals surface area contributed by atoms with Gasteiger partial charge >= 0.3 is 0 Å². The maximum Gasteiger partial charge on any atom is 0.128 e. The van der Waals surface area contributed by atoms with E-state index in [9.17, 15) is 8.78 Å². The zero-order valence-electron chi connectivity index (χ0n) is 9.47. The lowest BCUT2D eigenvalue weighted by atomic mass is 9.88. The fourth-order valence-corrected chi connectivity index (χ4v) is 2.33. The summed E-state index contributed by atoms with van der Waals surface area (Å²) >= 11 is 0. The van der Waals surface area contributed by atoms with Gasteiger partial charge in [-0.1, -0.05) is 6.07 Å². The van der Waals surface area contributed by atoms with E-state index in [-0.39, 0.29) is 11.7 Å². The molecule has 0 aliphatic carbocycles. The number of hydrogen-bond donors (Lipinski definition) is 1. The first-order chi connectivity index (χ1) is 7.66. The first-order valence-corrected chi connectivity index (χ1v) is 5.78. The summed E-state index contributed by atoms with van der Waals surface area (Å²) in [6.45, 7) is 3.51. The van der Waals surface area contributed by atoms with E-state index in [1.54, 1.807) is 13.0 Å². The van der Waals surface area contributed by atoms with Gasteiger partial charge in [0.2, 0.25) is 0 Å². The molecule has 0 aromatic heterocycles. The van der Waals surface area contributed by atoms with E-state index in [4.69, 9.17) is 0 Å². The molecule has 1 fully saturated rings. The van der Waals surface area contributed by atoms with Crippen molar-refractivity contribution in [2.24, 2.45) is 5.92 Å². The van der Waals surface area contributed by atoms with Crippen LogP contribution in [0.3, 0.4) is 0 Å². The van der Waals surface area contributed by atoms with Gasteiger partial charge < -0.3 is 5.32 Å². The smallest absolute Gasteiger partial charge is 0.128 e. The van der Waals surface area contributed by atoms with Gasteiger partial charge in [-0.25, -0.2) is 8.78 Å². The van der Waals surface area contributed by atoms with Gasteiger partial charge in [0.05, 0.1) is 0 Å². The fraction of sp³-hybridized carbons (Fsp3) is 0.538. The third-order valence-corrected chi connectivity index (χ3v) is 3.18. The number of piperidine rings is 1. The minimum Gasteiger partial charge on any atom is -0.317 e. The Bertz CT molecular complexity index is 339. The molecule has 1 N–H and O–H groups in total. The van der Waals surface area contributed by atoms with Crippen LogP contribution < -0.4 is 5.32 Å². The molecule has 1 atom stereocenters. The summed E-state index contributed by atoms with van der Waals surface area (Å²) in [5, 5.41) is 3.20. The van der Waals surface area contributed by atoms with Gasteiger partial charge in [0.1, 0.15) is 12.0 Å². The maximum atomic E-state index is 14.2. The normalized spacial score (nSPS) is 19.7. The lowest BCUT2D eigenvalue weighted by Gasteiger charge is -2.26. The Morgan fingerprint density at radius 2 is 1.94 bits per heavy atom. The monoisotopic (exact) mass is 225 g/mol. The van der Waals surface area contributed by atoms with Crippen LogP contribution in [0.4, 0.5) is 8.78 Å². The van der Waals surface area contributed by atoms with Crippen molar-refractivity contribution >= 4 is 0 Å². The number of benzene rings is 1. The summed E-state index contributed by atoms with van der Waals surface area (Å²) in [6.07, 6.45) is 0.629. The molecular weight excluding hydrogens is 208 g/mol. The Morgan fingerprint density at radius 3 is 2.56 bits per heavy atom. The van der Waals surface area contributed by atoms with E-state index < -0.39 is 6.17 Å². The summed E-state index contributed by atoms with van der Waals surface area (Å²) < 4.78 is 27.4. The van der Waals surface area contributed by atoms with Crippen LogP contribution in [0.15, 0.2) is 18.2 Å².